The van der Waals surface area contributed by atoms with E-state index in [1.807, 2.05) is 31.2 Å². The minimum Gasteiger partial charge on any atom is -0.461 e. The number of aryl methyl sites for hydroxylation is 1. The molecule has 1 unspecified atom stereocenters. The summed E-state index contributed by atoms with van der Waals surface area (Å²) < 4.78 is 11.5. The van der Waals surface area contributed by atoms with Crippen LogP contribution in [0.25, 0.3) is 11.6 Å². The van der Waals surface area contributed by atoms with Crippen molar-refractivity contribution < 1.29 is 18.7 Å². The summed E-state index contributed by atoms with van der Waals surface area (Å²) in [5, 5.41) is 3.27. The van der Waals surface area contributed by atoms with Crippen molar-refractivity contribution in [1.82, 2.24) is 15.3 Å². The second kappa shape index (κ2) is 9.90. The molecule has 30 heavy (non-hydrogen) atoms. The minimum absolute atomic E-state index is 0.219. The van der Waals surface area contributed by atoms with Crippen molar-refractivity contribution in [2.45, 2.75) is 24.9 Å². The summed E-state index contributed by atoms with van der Waals surface area (Å²) in [6.07, 6.45) is 3.33. The van der Waals surface area contributed by atoms with Crippen LogP contribution in [0.3, 0.4) is 0 Å². The smallest absolute Gasteiger partial charge is 0.343 e. The normalized spacial score (nSPS) is 11.7. The number of carbonyl (C=O) groups is 2. The molecule has 0 radical (unpaired) electrons. The number of rotatable bonds is 7. The zero-order valence-corrected chi connectivity index (χ0v) is 19.0. The molecule has 2 heterocycles. The molecule has 9 heteroatoms. The third-order valence-electron chi connectivity index (χ3n) is 4.28. The number of nitrogens with one attached hydrogen (secondary N) is 1. The highest BCUT2D eigenvalue weighted by Gasteiger charge is 2.22. The predicted octanol–water partition coefficient (Wildman–Crippen LogP) is 4.56. The van der Waals surface area contributed by atoms with Crippen LogP contribution < -0.4 is 5.32 Å². The Bertz CT molecular complexity index is 1040. The van der Waals surface area contributed by atoms with Gasteiger partial charge in [0.25, 0.3) is 5.91 Å². The quantitative estimate of drug-likeness (QED) is 0.295. The van der Waals surface area contributed by atoms with Gasteiger partial charge in [-0.2, -0.15) is 0 Å². The lowest BCUT2D eigenvalue weighted by atomic mass is 10.1. The lowest BCUT2D eigenvalue weighted by molar-refractivity contribution is -0.124. The van der Waals surface area contributed by atoms with Crippen molar-refractivity contribution in [2.24, 2.45) is 0 Å². The van der Waals surface area contributed by atoms with Crippen LogP contribution in [0.5, 0.6) is 0 Å². The highest BCUT2D eigenvalue weighted by atomic mass is 79.9. The Morgan fingerprint density at radius 3 is 2.60 bits per heavy atom. The zero-order valence-electron chi connectivity index (χ0n) is 16.6. The van der Waals surface area contributed by atoms with Crippen molar-refractivity contribution >= 4 is 39.6 Å². The number of ether oxygens (including phenoxy) is 1. The first-order chi connectivity index (χ1) is 14.4. The Morgan fingerprint density at radius 2 is 1.97 bits per heavy atom. The number of benzene rings is 1. The molecule has 0 aliphatic heterocycles. The van der Waals surface area contributed by atoms with Gasteiger partial charge in [0.2, 0.25) is 0 Å². The van der Waals surface area contributed by atoms with Crippen LogP contribution in [0, 0.1) is 6.92 Å². The molecule has 3 aromatic rings. The van der Waals surface area contributed by atoms with Gasteiger partial charge in [-0.15, -0.1) is 11.8 Å². The number of amides is 1. The topological polar surface area (TPSA) is 94.3 Å². The molecule has 0 saturated heterocycles. The molecule has 1 N–H and O–H groups in total. The number of carbonyl (C=O) groups excluding carboxylic acids is 2. The first-order valence-electron chi connectivity index (χ1n) is 9.07. The third-order valence-corrected chi connectivity index (χ3v) is 5.49. The maximum atomic E-state index is 12.6. The van der Waals surface area contributed by atoms with E-state index in [0.29, 0.717) is 22.3 Å². The predicted molar refractivity (Wildman–Crippen MR) is 117 cm³/mol. The Balaban J connectivity index is 1.65. The van der Waals surface area contributed by atoms with E-state index in [2.05, 4.69) is 31.2 Å². The van der Waals surface area contributed by atoms with Crippen LogP contribution in [0.1, 0.15) is 34.6 Å². The molecule has 1 amide bonds. The number of furan rings is 1. The van der Waals surface area contributed by atoms with Gasteiger partial charge >= 0.3 is 5.97 Å². The zero-order chi connectivity index (χ0) is 21.7. The van der Waals surface area contributed by atoms with Gasteiger partial charge in [0.05, 0.1) is 18.0 Å². The van der Waals surface area contributed by atoms with Gasteiger partial charge in [-0.05, 0) is 49.9 Å². The molecule has 0 bridgehead atoms. The Labute approximate surface area is 186 Å². The Kier molecular flexibility index (Phi) is 7.28. The van der Waals surface area contributed by atoms with Crippen LogP contribution >= 0.6 is 27.7 Å². The standard InChI is InChI=1S/C21H20BrN3O4S/c1-12(14-6-8-15(22)9-7-14)23-17(26)11-29-21(27)18-13(2)24-19(25-20(18)30-3)16-5-4-10-28-16/h4-10,12H,11H2,1-3H3,(H,23,26). The number of nitrogens with zero attached hydrogens (tertiary/aromatic N) is 2. The molecule has 1 aromatic carbocycles. The van der Waals surface area contributed by atoms with Crippen molar-refractivity contribution in [3.05, 3.63) is 64.0 Å². The number of esters is 1. The molecule has 1 atom stereocenters. The van der Waals surface area contributed by atoms with E-state index >= 15 is 0 Å². The summed E-state index contributed by atoms with van der Waals surface area (Å²) in [5.74, 6) is -0.140. The number of thioether (sulfide) groups is 1. The van der Waals surface area contributed by atoms with E-state index in [0.717, 1.165) is 10.0 Å². The largest absolute Gasteiger partial charge is 0.461 e. The summed E-state index contributed by atoms with van der Waals surface area (Å²) in [7, 11) is 0. The van der Waals surface area contributed by atoms with Crippen LogP contribution in [0.2, 0.25) is 0 Å². The van der Waals surface area contributed by atoms with Crippen molar-refractivity contribution in [1.29, 1.82) is 0 Å². The van der Waals surface area contributed by atoms with Gasteiger partial charge in [-0.1, -0.05) is 28.1 Å². The fourth-order valence-corrected chi connectivity index (χ4v) is 3.64. The maximum absolute atomic E-state index is 12.6. The van der Waals surface area contributed by atoms with Gasteiger partial charge in [-0.25, -0.2) is 14.8 Å². The van der Waals surface area contributed by atoms with Crippen LogP contribution in [-0.4, -0.2) is 34.7 Å². The molecule has 156 valence electrons. The van der Waals surface area contributed by atoms with Crippen molar-refractivity contribution in [3.63, 3.8) is 0 Å². The van der Waals surface area contributed by atoms with Gasteiger partial charge in [0.1, 0.15) is 10.6 Å². The molecule has 0 saturated carbocycles. The average molecular weight is 490 g/mol. The molecular weight excluding hydrogens is 470 g/mol. The number of hydrogen-bond donors (Lipinski definition) is 1. The fraction of sp³-hybridized carbons (Fsp3) is 0.238. The Morgan fingerprint density at radius 1 is 1.23 bits per heavy atom. The first-order valence-corrected chi connectivity index (χ1v) is 11.1. The minimum atomic E-state index is -0.644. The van der Waals surface area contributed by atoms with E-state index in [9.17, 15) is 9.59 Å². The number of hydrogen-bond acceptors (Lipinski definition) is 7. The number of halogens is 1. The van der Waals surface area contributed by atoms with E-state index in [1.54, 1.807) is 25.3 Å². The monoisotopic (exact) mass is 489 g/mol. The Hall–Kier alpha value is -2.65. The second-order valence-electron chi connectivity index (χ2n) is 6.41. The lowest BCUT2D eigenvalue weighted by Gasteiger charge is -2.15. The van der Waals surface area contributed by atoms with E-state index in [4.69, 9.17) is 9.15 Å². The average Bonchev–Trinajstić information content (AvgIpc) is 3.26. The molecule has 2 aromatic heterocycles. The van der Waals surface area contributed by atoms with Crippen LogP contribution in [0.4, 0.5) is 0 Å². The molecule has 0 fully saturated rings. The molecule has 0 spiro atoms. The second-order valence-corrected chi connectivity index (χ2v) is 8.12. The third kappa shape index (κ3) is 5.28. The van der Waals surface area contributed by atoms with Crippen LogP contribution in [0.15, 0.2) is 56.6 Å². The van der Waals surface area contributed by atoms with Gasteiger partial charge < -0.3 is 14.5 Å². The van der Waals surface area contributed by atoms with Gasteiger partial charge in [0, 0.05) is 4.47 Å². The van der Waals surface area contributed by atoms with Gasteiger partial charge in [-0.3, -0.25) is 4.79 Å². The molecular formula is C21H20BrN3O4S. The highest BCUT2D eigenvalue weighted by molar-refractivity contribution is 9.10. The molecule has 7 nitrogen and oxygen atoms in total. The fourth-order valence-electron chi connectivity index (χ4n) is 2.77. The van der Waals surface area contributed by atoms with E-state index in [1.165, 1.54) is 18.0 Å². The molecule has 3 rings (SSSR count). The van der Waals surface area contributed by atoms with E-state index < -0.39 is 18.5 Å². The summed E-state index contributed by atoms with van der Waals surface area (Å²) >= 11 is 4.67. The lowest BCUT2D eigenvalue weighted by Crippen LogP contribution is -2.31. The van der Waals surface area contributed by atoms with Crippen molar-refractivity contribution in [2.75, 3.05) is 12.9 Å². The van der Waals surface area contributed by atoms with Crippen molar-refractivity contribution in [3.8, 4) is 11.6 Å². The summed E-state index contributed by atoms with van der Waals surface area (Å²) in [4.78, 5) is 33.6. The molecule has 0 aliphatic carbocycles. The summed E-state index contributed by atoms with van der Waals surface area (Å²) in [6.45, 7) is 3.16. The van der Waals surface area contributed by atoms with E-state index in [-0.39, 0.29) is 11.6 Å². The SMILES string of the molecule is CSc1nc(-c2ccco2)nc(C)c1C(=O)OCC(=O)NC(C)c1ccc(Br)cc1. The summed E-state index contributed by atoms with van der Waals surface area (Å²) in [6, 6.07) is 10.9. The summed E-state index contributed by atoms with van der Waals surface area (Å²) in [5.41, 5.74) is 1.64. The highest BCUT2D eigenvalue weighted by Crippen LogP contribution is 2.25. The van der Waals surface area contributed by atoms with Gasteiger partial charge in [0.15, 0.2) is 18.2 Å². The first kappa shape index (κ1) is 22.0. The molecule has 0 aliphatic rings. The van der Waals surface area contributed by atoms with Crippen LogP contribution in [-0.2, 0) is 9.53 Å². The maximum Gasteiger partial charge on any atom is 0.343 e. The number of aromatic nitrogens is 2.